The first kappa shape index (κ1) is 24.0. The molecule has 0 radical (unpaired) electrons. The van der Waals surface area contributed by atoms with Gasteiger partial charge in [-0.05, 0) is 68.6 Å². The van der Waals surface area contributed by atoms with Crippen LogP contribution in [-0.4, -0.2) is 33.3 Å². The van der Waals surface area contributed by atoms with E-state index in [4.69, 9.17) is 14.3 Å². The molecule has 0 bridgehead atoms. The Morgan fingerprint density at radius 1 is 0.641 bits per heavy atom. The van der Waals surface area contributed by atoms with E-state index in [2.05, 4.69) is 117 Å². The zero-order valence-corrected chi connectivity index (χ0v) is 22.5. The van der Waals surface area contributed by atoms with Crippen molar-refractivity contribution in [2.24, 2.45) is 0 Å². The van der Waals surface area contributed by atoms with Crippen molar-refractivity contribution in [1.29, 1.82) is 0 Å². The third-order valence-electron chi connectivity index (χ3n) is 8.22. The van der Waals surface area contributed by atoms with Gasteiger partial charge in [-0.2, -0.15) is 0 Å². The van der Waals surface area contributed by atoms with E-state index in [0.29, 0.717) is 0 Å². The van der Waals surface area contributed by atoms with Gasteiger partial charge in [-0.25, -0.2) is 4.98 Å². The van der Waals surface area contributed by atoms with Gasteiger partial charge in [0.15, 0.2) is 0 Å². The lowest BCUT2D eigenvalue weighted by Crippen LogP contribution is -2.41. The minimum atomic E-state index is -0.411. The minimum absolute atomic E-state index is 0.382. The van der Waals surface area contributed by atoms with Crippen LogP contribution in [0.15, 0.2) is 97.3 Å². The highest BCUT2D eigenvalue weighted by Crippen LogP contribution is 2.37. The van der Waals surface area contributed by atoms with Crippen LogP contribution in [0.3, 0.4) is 0 Å². The van der Waals surface area contributed by atoms with Crippen LogP contribution in [0.25, 0.3) is 55.1 Å². The van der Waals surface area contributed by atoms with Crippen LogP contribution in [0.2, 0.25) is 0 Å². The second kappa shape index (κ2) is 8.70. The van der Waals surface area contributed by atoms with Crippen LogP contribution in [-0.2, 0) is 9.31 Å². The van der Waals surface area contributed by atoms with E-state index in [1.807, 2.05) is 18.5 Å². The summed E-state index contributed by atoms with van der Waals surface area (Å²) < 4.78 is 12.5. The molecule has 0 N–H and O–H groups in total. The van der Waals surface area contributed by atoms with Crippen molar-refractivity contribution in [1.82, 2.24) is 15.0 Å². The molecule has 0 amide bonds. The van der Waals surface area contributed by atoms with Gasteiger partial charge in [0.05, 0.1) is 33.4 Å². The van der Waals surface area contributed by atoms with Crippen LogP contribution in [0.4, 0.5) is 0 Å². The molecular formula is C33H28BN3O2. The van der Waals surface area contributed by atoms with Gasteiger partial charge in [0.1, 0.15) is 0 Å². The number of rotatable bonds is 3. The van der Waals surface area contributed by atoms with Gasteiger partial charge in [0, 0.05) is 34.1 Å². The average Bonchev–Trinajstić information content (AvgIpc) is 3.18. The molecule has 0 unspecified atom stereocenters. The molecule has 1 aliphatic heterocycles. The topological polar surface area (TPSA) is 57.1 Å². The van der Waals surface area contributed by atoms with Gasteiger partial charge >= 0.3 is 7.12 Å². The van der Waals surface area contributed by atoms with E-state index >= 15 is 0 Å². The molecule has 3 aromatic heterocycles. The molecule has 1 aliphatic rings. The molecule has 5 nitrogen and oxygen atoms in total. The fraction of sp³-hybridized carbons (Fsp3) is 0.182. The van der Waals surface area contributed by atoms with Crippen LogP contribution in [0, 0.1) is 0 Å². The van der Waals surface area contributed by atoms with Crippen LogP contribution in [0.1, 0.15) is 27.7 Å². The molecule has 7 rings (SSSR count). The molecule has 0 saturated carbocycles. The maximum atomic E-state index is 6.26. The van der Waals surface area contributed by atoms with E-state index in [1.165, 1.54) is 0 Å². The zero-order chi connectivity index (χ0) is 26.8. The smallest absolute Gasteiger partial charge is 0.399 e. The molecule has 4 heterocycles. The van der Waals surface area contributed by atoms with Crippen molar-refractivity contribution < 1.29 is 9.31 Å². The van der Waals surface area contributed by atoms with Crippen molar-refractivity contribution in [3.63, 3.8) is 0 Å². The Kier molecular flexibility index (Phi) is 5.34. The SMILES string of the molecule is CC1(C)OB(c2ccc3ccc(-c4ccc(-c5ccnc6c5ccc5cccnc56)cc4)nc3c2)OC1(C)C. The summed E-state index contributed by atoms with van der Waals surface area (Å²) in [6.07, 6.45) is 3.68. The number of fused-ring (bicyclic) bond motifs is 4. The minimum Gasteiger partial charge on any atom is -0.399 e. The van der Waals surface area contributed by atoms with Crippen LogP contribution in [0.5, 0.6) is 0 Å². The lowest BCUT2D eigenvalue weighted by atomic mass is 9.78. The first-order valence-corrected chi connectivity index (χ1v) is 13.3. The maximum absolute atomic E-state index is 6.26. The summed E-state index contributed by atoms with van der Waals surface area (Å²) >= 11 is 0. The second-order valence-corrected chi connectivity index (χ2v) is 11.2. The summed E-state index contributed by atoms with van der Waals surface area (Å²) in [5.74, 6) is 0. The molecule has 1 fully saturated rings. The van der Waals surface area contributed by atoms with Crippen molar-refractivity contribution in [3.05, 3.63) is 97.3 Å². The third-order valence-corrected chi connectivity index (χ3v) is 8.22. The highest BCUT2D eigenvalue weighted by Gasteiger charge is 2.51. The van der Waals surface area contributed by atoms with Crippen molar-refractivity contribution in [2.45, 2.75) is 38.9 Å². The van der Waals surface area contributed by atoms with Gasteiger partial charge in [-0.3, -0.25) is 9.97 Å². The summed E-state index contributed by atoms with van der Waals surface area (Å²) in [5, 5.41) is 3.27. The summed E-state index contributed by atoms with van der Waals surface area (Å²) in [7, 11) is -0.411. The molecule has 190 valence electrons. The van der Waals surface area contributed by atoms with Gasteiger partial charge in [-0.15, -0.1) is 0 Å². The number of pyridine rings is 3. The normalized spacial score (nSPS) is 16.4. The molecule has 6 heteroatoms. The number of hydrogen-bond donors (Lipinski definition) is 0. The fourth-order valence-corrected chi connectivity index (χ4v) is 5.25. The Balaban J connectivity index is 1.23. The van der Waals surface area contributed by atoms with E-state index in [-0.39, 0.29) is 11.2 Å². The monoisotopic (exact) mass is 509 g/mol. The summed E-state index contributed by atoms with van der Waals surface area (Å²) in [5.41, 5.74) is 7.24. The Morgan fingerprint density at radius 2 is 1.33 bits per heavy atom. The van der Waals surface area contributed by atoms with Gasteiger partial charge in [0.25, 0.3) is 0 Å². The molecule has 39 heavy (non-hydrogen) atoms. The van der Waals surface area contributed by atoms with Gasteiger partial charge in [-0.1, -0.05) is 60.7 Å². The van der Waals surface area contributed by atoms with E-state index in [9.17, 15) is 0 Å². The van der Waals surface area contributed by atoms with Gasteiger partial charge < -0.3 is 9.31 Å². The van der Waals surface area contributed by atoms with Crippen molar-refractivity contribution in [3.8, 4) is 22.4 Å². The fourth-order valence-electron chi connectivity index (χ4n) is 5.25. The number of nitrogens with zero attached hydrogens (tertiary/aromatic N) is 3. The molecule has 3 aromatic carbocycles. The van der Waals surface area contributed by atoms with Crippen LogP contribution < -0.4 is 5.46 Å². The molecule has 0 spiro atoms. The number of benzene rings is 3. The van der Waals surface area contributed by atoms with E-state index in [0.717, 1.165) is 60.6 Å². The number of aromatic nitrogens is 3. The maximum Gasteiger partial charge on any atom is 0.494 e. The highest BCUT2D eigenvalue weighted by molar-refractivity contribution is 6.62. The molecule has 1 saturated heterocycles. The largest absolute Gasteiger partial charge is 0.494 e. The molecule has 0 aliphatic carbocycles. The second-order valence-electron chi connectivity index (χ2n) is 11.2. The Labute approximate surface area is 228 Å². The average molecular weight is 509 g/mol. The Morgan fingerprint density at radius 3 is 2.13 bits per heavy atom. The van der Waals surface area contributed by atoms with Crippen molar-refractivity contribution in [2.75, 3.05) is 0 Å². The predicted octanol–water partition coefficient (Wildman–Crippen LogP) is 6.96. The van der Waals surface area contributed by atoms with Crippen LogP contribution >= 0.6 is 0 Å². The standard InChI is InChI=1S/C33H28BN3O2/c1-32(2)33(3,4)39-34(38-32)25-14-11-23-13-16-28(37-29(23)20-25)22-9-7-21(8-10-22)26-17-19-36-31-27(26)15-12-24-6-5-18-35-30(24)31/h5-20H,1-4H3. The highest BCUT2D eigenvalue weighted by atomic mass is 16.7. The first-order valence-electron chi connectivity index (χ1n) is 13.3. The molecule has 6 aromatic rings. The Bertz CT molecular complexity index is 1870. The predicted molar refractivity (Wildman–Crippen MR) is 159 cm³/mol. The summed E-state index contributed by atoms with van der Waals surface area (Å²) in [6, 6.07) is 29.3. The number of hydrogen-bond acceptors (Lipinski definition) is 5. The van der Waals surface area contributed by atoms with E-state index in [1.54, 1.807) is 0 Å². The first-order chi connectivity index (χ1) is 18.8. The third kappa shape index (κ3) is 3.99. The quantitative estimate of drug-likeness (QED) is 0.191. The molecular weight excluding hydrogens is 481 g/mol. The van der Waals surface area contributed by atoms with E-state index < -0.39 is 7.12 Å². The lowest BCUT2D eigenvalue weighted by Gasteiger charge is -2.32. The summed E-state index contributed by atoms with van der Waals surface area (Å²) in [6.45, 7) is 8.29. The zero-order valence-electron chi connectivity index (χ0n) is 22.5. The molecule has 0 atom stereocenters. The summed E-state index contributed by atoms with van der Waals surface area (Å²) in [4.78, 5) is 14.2. The van der Waals surface area contributed by atoms with Gasteiger partial charge in [0.2, 0.25) is 0 Å². The lowest BCUT2D eigenvalue weighted by molar-refractivity contribution is 0.00578. The van der Waals surface area contributed by atoms with Crippen molar-refractivity contribution >= 4 is 45.3 Å². The Hall–Kier alpha value is -4.13.